The Kier molecular flexibility index (Phi) is 3.79. The lowest BCUT2D eigenvalue weighted by Gasteiger charge is -1.99. The first kappa shape index (κ1) is 12.9. The summed E-state index contributed by atoms with van der Waals surface area (Å²) in [6.07, 6.45) is 8.00. The standard InChI is InChI=1S/C17H19N2O/c20-12-8-14-5-9-19(10-6-14)11-7-15-13-18-17-4-2-1-3-16(15)17/h1-6,9-10,13,18,20H,7-8,11-12H2/q+1. The summed E-state index contributed by atoms with van der Waals surface area (Å²) in [7, 11) is 0. The fraction of sp³-hybridized carbons (Fsp3) is 0.235. The maximum absolute atomic E-state index is 8.91. The molecule has 0 amide bonds. The number of aliphatic hydroxyl groups is 1. The van der Waals surface area contributed by atoms with Gasteiger partial charge in [0.2, 0.25) is 0 Å². The molecule has 2 aromatic heterocycles. The van der Waals surface area contributed by atoms with Crippen LogP contribution in [0.3, 0.4) is 0 Å². The number of nitrogens with one attached hydrogen (secondary N) is 1. The highest BCUT2D eigenvalue weighted by Gasteiger charge is 2.06. The number of fused-ring (bicyclic) bond motifs is 1. The Morgan fingerprint density at radius 1 is 1.00 bits per heavy atom. The van der Waals surface area contributed by atoms with E-state index in [1.807, 2.05) is 0 Å². The van der Waals surface area contributed by atoms with Gasteiger partial charge in [0, 0.05) is 42.3 Å². The Labute approximate surface area is 118 Å². The number of rotatable bonds is 5. The number of aryl methyl sites for hydroxylation is 2. The third kappa shape index (κ3) is 2.73. The molecular formula is C17H19N2O+. The molecule has 20 heavy (non-hydrogen) atoms. The fourth-order valence-corrected chi connectivity index (χ4v) is 2.52. The van der Waals surface area contributed by atoms with Gasteiger partial charge in [0.15, 0.2) is 18.9 Å². The summed E-state index contributed by atoms with van der Waals surface area (Å²) >= 11 is 0. The van der Waals surface area contributed by atoms with E-state index in [4.69, 9.17) is 5.11 Å². The molecule has 2 heterocycles. The average molecular weight is 267 g/mol. The third-order valence-electron chi connectivity index (χ3n) is 3.67. The quantitative estimate of drug-likeness (QED) is 0.684. The van der Waals surface area contributed by atoms with Gasteiger partial charge in [0.05, 0.1) is 0 Å². The first-order chi connectivity index (χ1) is 9.86. The molecule has 3 rings (SSSR count). The van der Waals surface area contributed by atoms with E-state index < -0.39 is 0 Å². The van der Waals surface area contributed by atoms with E-state index in [2.05, 4.69) is 64.5 Å². The van der Waals surface area contributed by atoms with Crippen molar-refractivity contribution < 1.29 is 9.67 Å². The van der Waals surface area contributed by atoms with Crippen molar-refractivity contribution in [2.45, 2.75) is 19.4 Å². The van der Waals surface area contributed by atoms with Crippen molar-refractivity contribution in [3.05, 3.63) is 66.1 Å². The zero-order valence-corrected chi connectivity index (χ0v) is 11.4. The van der Waals surface area contributed by atoms with Crippen LogP contribution in [-0.2, 0) is 19.4 Å². The zero-order valence-electron chi connectivity index (χ0n) is 11.4. The molecule has 0 unspecified atom stereocenters. The number of benzene rings is 1. The van der Waals surface area contributed by atoms with Crippen LogP contribution in [0, 0.1) is 0 Å². The van der Waals surface area contributed by atoms with Crippen LogP contribution in [0.1, 0.15) is 11.1 Å². The predicted molar refractivity (Wildman–Crippen MR) is 79.4 cm³/mol. The Hall–Kier alpha value is -2.13. The number of hydrogen-bond donors (Lipinski definition) is 2. The molecule has 0 aliphatic rings. The molecule has 0 saturated heterocycles. The molecule has 0 saturated carbocycles. The smallest absolute Gasteiger partial charge is 0.169 e. The van der Waals surface area contributed by atoms with Crippen LogP contribution in [0.25, 0.3) is 10.9 Å². The topological polar surface area (TPSA) is 39.9 Å². The lowest BCUT2D eigenvalue weighted by molar-refractivity contribution is -0.696. The highest BCUT2D eigenvalue weighted by atomic mass is 16.2. The fourth-order valence-electron chi connectivity index (χ4n) is 2.52. The van der Waals surface area contributed by atoms with Crippen molar-refractivity contribution >= 4 is 10.9 Å². The Bertz CT molecular complexity index is 686. The van der Waals surface area contributed by atoms with Crippen LogP contribution in [0.15, 0.2) is 55.0 Å². The molecular weight excluding hydrogens is 248 g/mol. The number of aliphatic hydroxyl groups excluding tert-OH is 1. The van der Waals surface area contributed by atoms with Crippen LogP contribution < -0.4 is 4.57 Å². The van der Waals surface area contributed by atoms with Crippen molar-refractivity contribution in [2.24, 2.45) is 0 Å². The number of aromatic amines is 1. The van der Waals surface area contributed by atoms with E-state index >= 15 is 0 Å². The minimum atomic E-state index is 0.208. The molecule has 0 fully saturated rings. The van der Waals surface area contributed by atoms with Gasteiger partial charge in [-0.2, -0.15) is 0 Å². The van der Waals surface area contributed by atoms with Gasteiger partial charge in [0.25, 0.3) is 0 Å². The highest BCUT2D eigenvalue weighted by molar-refractivity contribution is 5.82. The minimum Gasteiger partial charge on any atom is -0.396 e. The molecule has 3 nitrogen and oxygen atoms in total. The molecule has 3 aromatic rings. The SMILES string of the molecule is OCCc1cc[n+](CCc2c[nH]c3ccccc23)cc1. The third-order valence-corrected chi connectivity index (χ3v) is 3.67. The second kappa shape index (κ2) is 5.88. The molecule has 3 heteroatoms. The number of H-pyrrole nitrogens is 1. The van der Waals surface area contributed by atoms with Crippen molar-refractivity contribution in [2.75, 3.05) is 6.61 Å². The largest absolute Gasteiger partial charge is 0.396 e. The van der Waals surface area contributed by atoms with E-state index in [1.54, 1.807) is 0 Å². The summed E-state index contributed by atoms with van der Waals surface area (Å²) in [6, 6.07) is 12.6. The Morgan fingerprint density at radius 2 is 1.80 bits per heavy atom. The number of para-hydroxylation sites is 1. The normalized spacial score (nSPS) is 11.1. The lowest BCUT2D eigenvalue weighted by Crippen LogP contribution is -2.33. The van der Waals surface area contributed by atoms with Gasteiger partial charge in [-0.3, -0.25) is 0 Å². The zero-order chi connectivity index (χ0) is 13.8. The van der Waals surface area contributed by atoms with E-state index in [-0.39, 0.29) is 6.61 Å². The van der Waals surface area contributed by atoms with Crippen molar-refractivity contribution in [3.8, 4) is 0 Å². The second-order valence-electron chi connectivity index (χ2n) is 5.03. The summed E-state index contributed by atoms with van der Waals surface area (Å²) in [5.74, 6) is 0. The predicted octanol–water partition coefficient (Wildman–Crippen LogP) is 2.23. The highest BCUT2D eigenvalue weighted by Crippen LogP contribution is 2.17. The minimum absolute atomic E-state index is 0.208. The van der Waals surface area contributed by atoms with Gasteiger partial charge in [-0.05, 0) is 23.6 Å². The monoisotopic (exact) mass is 267 g/mol. The van der Waals surface area contributed by atoms with Crippen LogP contribution >= 0.6 is 0 Å². The van der Waals surface area contributed by atoms with E-state index in [1.165, 1.54) is 22.0 Å². The number of nitrogens with zero attached hydrogens (tertiary/aromatic N) is 1. The molecule has 0 atom stereocenters. The first-order valence-electron chi connectivity index (χ1n) is 7.00. The van der Waals surface area contributed by atoms with E-state index in [0.29, 0.717) is 0 Å². The van der Waals surface area contributed by atoms with Gasteiger partial charge in [-0.1, -0.05) is 18.2 Å². The molecule has 0 aliphatic heterocycles. The molecule has 0 bridgehead atoms. The van der Waals surface area contributed by atoms with Gasteiger partial charge in [0.1, 0.15) is 0 Å². The van der Waals surface area contributed by atoms with Gasteiger partial charge >= 0.3 is 0 Å². The summed E-state index contributed by atoms with van der Waals surface area (Å²) in [5, 5.41) is 10.2. The molecule has 102 valence electrons. The van der Waals surface area contributed by atoms with Crippen LogP contribution in [0.4, 0.5) is 0 Å². The molecule has 0 aliphatic carbocycles. The van der Waals surface area contributed by atoms with E-state index in [0.717, 1.165) is 19.4 Å². The molecule has 0 radical (unpaired) electrons. The average Bonchev–Trinajstić information content (AvgIpc) is 2.90. The first-order valence-corrected chi connectivity index (χ1v) is 7.00. The van der Waals surface area contributed by atoms with E-state index in [9.17, 15) is 0 Å². The van der Waals surface area contributed by atoms with Crippen molar-refractivity contribution in [1.29, 1.82) is 0 Å². The van der Waals surface area contributed by atoms with Crippen LogP contribution in [-0.4, -0.2) is 16.7 Å². The Balaban J connectivity index is 1.69. The van der Waals surface area contributed by atoms with Crippen molar-refractivity contribution in [3.63, 3.8) is 0 Å². The summed E-state index contributed by atoms with van der Waals surface area (Å²) < 4.78 is 2.18. The molecule has 1 aromatic carbocycles. The maximum atomic E-state index is 8.91. The number of hydrogen-bond acceptors (Lipinski definition) is 1. The van der Waals surface area contributed by atoms with Crippen LogP contribution in [0.5, 0.6) is 0 Å². The molecule has 0 spiro atoms. The maximum Gasteiger partial charge on any atom is 0.169 e. The summed E-state index contributed by atoms with van der Waals surface area (Å²) in [6.45, 7) is 1.17. The lowest BCUT2D eigenvalue weighted by atomic mass is 10.1. The molecule has 2 N–H and O–H groups in total. The van der Waals surface area contributed by atoms with Crippen LogP contribution in [0.2, 0.25) is 0 Å². The van der Waals surface area contributed by atoms with Gasteiger partial charge in [-0.15, -0.1) is 0 Å². The Morgan fingerprint density at radius 3 is 2.60 bits per heavy atom. The van der Waals surface area contributed by atoms with Crippen molar-refractivity contribution in [1.82, 2.24) is 4.98 Å². The van der Waals surface area contributed by atoms with Gasteiger partial charge in [-0.25, -0.2) is 4.57 Å². The second-order valence-corrected chi connectivity index (χ2v) is 5.03. The van der Waals surface area contributed by atoms with Gasteiger partial charge < -0.3 is 10.1 Å². The number of aromatic nitrogens is 2. The summed E-state index contributed by atoms with van der Waals surface area (Å²) in [4.78, 5) is 3.31. The summed E-state index contributed by atoms with van der Waals surface area (Å²) in [5.41, 5.74) is 3.73. The number of pyridine rings is 1.